The average molecular weight is 630 g/mol. The maximum atomic E-state index is 13.3. The molecule has 5 aromatic rings. The Kier molecular flexibility index (Phi) is 8.84. The quantitative estimate of drug-likeness (QED) is 0.262. The number of methoxy groups -OCH3 is 1. The number of nitrogens with one attached hydrogen (secondary N) is 1. The van der Waals surface area contributed by atoms with Crippen molar-refractivity contribution in [2.45, 2.75) is 25.3 Å². The Morgan fingerprint density at radius 1 is 1.10 bits per heavy atom. The number of H-pyrrole nitrogens is 1. The van der Waals surface area contributed by atoms with E-state index in [1.807, 2.05) is 30.3 Å². The van der Waals surface area contributed by atoms with Crippen molar-refractivity contribution in [3.05, 3.63) is 75.3 Å². The highest BCUT2D eigenvalue weighted by Crippen LogP contribution is 2.46. The lowest BCUT2D eigenvalue weighted by molar-refractivity contribution is 0.209. The Morgan fingerprint density at radius 3 is 2.76 bits per heavy atom. The summed E-state index contributed by atoms with van der Waals surface area (Å²) in [5.74, 6) is 2.64. The third-order valence-corrected chi connectivity index (χ3v) is 9.04. The van der Waals surface area contributed by atoms with Gasteiger partial charge in [-0.1, -0.05) is 6.07 Å². The third kappa shape index (κ3) is 5.26. The monoisotopic (exact) mass is 628 g/mol. The van der Waals surface area contributed by atoms with E-state index < -0.39 is 5.69 Å². The van der Waals surface area contributed by atoms with Crippen molar-refractivity contribution in [2.75, 3.05) is 33.4 Å². The molecule has 1 aromatic carbocycles. The molecule has 0 amide bonds. The summed E-state index contributed by atoms with van der Waals surface area (Å²) in [7, 11) is 1.71. The number of hydrogen-bond donors (Lipinski definition) is 1. The van der Waals surface area contributed by atoms with Gasteiger partial charge in [0.05, 0.1) is 31.1 Å². The lowest BCUT2D eigenvalue weighted by Gasteiger charge is -2.29. The van der Waals surface area contributed by atoms with Gasteiger partial charge in [-0.15, -0.1) is 36.2 Å². The van der Waals surface area contributed by atoms with Crippen molar-refractivity contribution in [1.82, 2.24) is 29.4 Å². The van der Waals surface area contributed by atoms with E-state index in [-0.39, 0.29) is 30.4 Å². The number of rotatable bonds is 7. The molecule has 1 saturated heterocycles. The topological polar surface area (TPSA) is 115 Å². The van der Waals surface area contributed by atoms with Gasteiger partial charge in [-0.3, -0.25) is 14.3 Å². The maximum Gasteiger partial charge on any atom is 0.328 e. The summed E-state index contributed by atoms with van der Waals surface area (Å²) in [6.45, 7) is 3.91. The predicted octanol–water partition coefficient (Wildman–Crippen LogP) is 4.50. The van der Waals surface area contributed by atoms with Crippen LogP contribution in [0.4, 0.5) is 0 Å². The molecule has 2 aliphatic rings. The van der Waals surface area contributed by atoms with Crippen molar-refractivity contribution in [3.8, 4) is 22.8 Å². The van der Waals surface area contributed by atoms with Crippen LogP contribution in [0, 0.1) is 5.92 Å². The van der Waals surface area contributed by atoms with Crippen molar-refractivity contribution in [1.29, 1.82) is 0 Å². The van der Waals surface area contributed by atoms with E-state index in [4.69, 9.17) is 9.47 Å². The van der Waals surface area contributed by atoms with E-state index in [0.29, 0.717) is 51.2 Å². The minimum Gasteiger partial charge on any atom is -0.496 e. The van der Waals surface area contributed by atoms with Crippen molar-refractivity contribution < 1.29 is 9.47 Å². The van der Waals surface area contributed by atoms with Gasteiger partial charge in [0.2, 0.25) is 0 Å². The van der Waals surface area contributed by atoms with Gasteiger partial charge >= 0.3 is 5.69 Å². The molecule has 0 spiro atoms. The molecular formula is C29H30Cl2N6O4S. The van der Waals surface area contributed by atoms with Gasteiger partial charge in [-0.2, -0.15) is 0 Å². The van der Waals surface area contributed by atoms with E-state index in [1.165, 1.54) is 21.5 Å². The zero-order valence-corrected chi connectivity index (χ0v) is 25.3. The van der Waals surface area contributed by atoms with Gasteiger partial charge in [0.1, 0.15) is 26.5 Å². The summed E-state index contributed by atoms with van der Waals surface area (Å²) < 4.78 is 13.4. The van der Waals surface area contributed by atoms with Crippen LogP contribution in [0.15, 0.2) is 58.5 Å². The van der Waals surface area contributed by atoms with Gasteiger partial charge < -0.3 is 19.4 Å². The van der Waals surface area contributed by atoms with E-state index in [1.54, 1.807) is 25.7 Å². The largest absolute Gasteiger partial charge is 0.496 e. The second-order valence-corrected chi connectivity index (χ2v) is 11.4. The summed E-state index contributed by atoms with van der Waals surface area (Å²) in [6, 6.07) is 9.71. The zero-order valence-electron chi connectivity index (χ0n) is 22.8. The number of aromatic amines is 1. The van der Waals surface area contributed by atoms with Gasteiger partial charge in [-0.25, -0.2) is 14.8 Å². The number of pyridine rings is 1. The standard InChI is InChI=1S/C29H28N6O4S.2ClH/c1-38-21-7-4-8-22-23(21)19-15-34(14-18(19)16-39-22)10-2-3-11-35-28(36)26-24(33-29(35)37)25-27(40-26)31-13-20(32-25)17-6-5-9-30-12-17;;/h4-9,12-13,18-19H,2-3,10-11,14-16H2,1H3,(H,33,37);2*1H/t18-,19-;;/m1../s1. The Hall–Kier alpha value is -3.51. The number of nitrogens with zero attached hydrogens (tertiary/aromatic N) is 5. The van der Waals surface area contributed by atoms with E-state index in [9.17, 15) is 9.59 Å². The second-order valence-electron chi connectivity index (χ2n) is 10.4. The molecule has 0 unspecified atom stereocenters. The smallest absolute Gasteiger partial charge is 0.328 e. The molecule has 1 fully saturated rings. The summed E-state index contributed by atoms with van der Waals surface area (Å²) in [6.07, 6.45) is 6.68. The Bertz CT molecular complexity index is 1830. The molecule has 7 rings (SSSR count). The van der Waals surface area contributed by atoms with Crippen LogP contribution in [0.25, 0.3) is 31.8 Å². The predicted molar refractivity (Wildman–Crippen MR) is 168 cm³/mol. The number of ether oxygens (including phenoxy) is 2. The first-order valence-electron chi connectivity index (χ1n) is 13.5. The number of unbranched alkanes of at least 4 members (excludes halogenated alkanes) is 1. The van der Waals surface area contributed by atoms with Crippen LogP contribution in [0.2, 0.25) is 0 Å². The summed E-state index contributed by atoms with van der Waals surface area (Å²) in [5, 5.41) is 0. The second kappa shape index (κ2) is 12.4. The number of benzene rings is 1. The number of likely N-dealkylation sites (tertiary alicyclic amines) is 1. The fourth-order valence-corrected chi connectivity index (χ4v) is 7.01. The Morgan fingerprint density at radius 2 is 1.95 bits per heavy atom. The molecule has 0 aliphatic carbocycles. The van der Waals surface area contributed by atoms with Gasteiger partial charge in [0, 0.05) is 55.0 Å². The molecule has 0 bridgehead atoms. The first kappa shape index (κ1) is 30.0. The minimum atomic E-state index is -0.418. The molecule has 1 N–H and O–H groups in total. The summed E-state index contributed by atoms with van der Waals surface area (Å²) in [5.41, 5.74) is 2.90. The fourth-order valence-electron chi connectivity index (χ4n) is 6.02. The lowest BCUT2D eigenvalue weighted by atomic mass is 9.86. The van der Waals surface area contributed by atoms with E-state index >= 15 is 0 Å². The Labute approximate surface area is 257 Å². The highest BCUT2D eigenvalue weighted by atomic mass is 35.5. The molecule has 0 radical (unpaired) electrons. The number of halogens is 2. The SMILES string of the molecule is COc1cccc2c1[C@@H]1CN(CCCCn3c(=O)[nH]c4c(sc5ncc(-c6cccnc6)nc54)c3=O)C[C@@H]1CO2.Cl.Cl. The molecule has 2 atom stereocenters. The normalized spacial score (nSPS) is 17.6. The van der Waals surface area contributed by atoms with Crippen LogP contribution >= 0.6 is 36.2 Å². The maximum absolute atomic E-state index is 13.3. The van der Waals surface area contributed by atoms with Gasteiger partial charge in [0.15, 0.2) is 0 Å². The first-order chi connectivity index (χ1) is 19.6. The Balaban J connectivity index is 0.00000176. The third-order valence-electron chi connectivity index (χ3n) is 7.97. The van der Waals surface area contributed by atoms with Crippen LogP contribution < -0.4 is 20.7 Å². The molecular weight excluding hydrogens is 599 g/mol. The molecule has 13 heteroatoms. The zero-order chi connectivity index (χ0) is 27.2. The lowest BCUT2D eigenvalue weighted by Crippen LogP contribution is -2.34. The van der Waals surface area contributed by atoms with Crippen LogP contribution in [0.1, 0.15) is 24.3 Å². The number of aromatic nitrogens is 5. The first-order valence-corrected chi connectivity index (χ1v) is 14.3. The van der Waals surface area contributed by atoms with E-state index in [2.05, 4.69) is 24.8 Å². The molecule has 220 valence electrons. The summed E-state index contributed by atoms with van der Waals surface area (Å²) >= 11 is 1.26. The van der Waals surface area contributed by atoms with Crippen LogP contribution in [-0.2, 0) is 6.54 Å². The van der Waals surface area contributed by atoms with Crippen molar-refractivity contribution >= 4 is 56.7 Å². The number of fused-ring (bicyclic) bond motifs is 6. The summed E-state index contributed by atoms with van der Waals surface area (Å²) in [4.78, 5) is 45.6. The van der Waals surface area contributed by atoms with Crippen LogP contribution in [0.5, 0.6) is 11.5 Å². The molecule has 4 aromatic heterocycles. The molecule has 10 nitrogen and oxygen atoms in total. The average Bonchev–Trinajstić information content (AvgIpc) is 3.58. The molecule has 2 aliphatic heterocycles. The van der Waals surface area contributed by atoms with Crippen molar-refractivity contribution in [3.63, 3.8) is 0 Å². The fraction of sp³-hybridized carbons (Fsp3) is 0.345. The molecule has 6 heterocycles. The number of thiophene rings is 1. The van der Waals surface area contributed by atoms with Crippen LogP contribution in [0.3, 0.4) is 0 Å². The molecule has 42 heavy (non-hydrogen) atoms. The van der Waals surface area contributed by atoms with Gasteiger partial charge in [0.25, 0.3) is 5.56 Å². The highest BCUT2D eigenvalue weighted by Gasteiger charge is 2.40. The number of hydrogen-bond acceptors (Lipinski definition) is 9. The van der Waals surface area contributed by atoms with E-state index in [0.717, 1.165) is 49.5 Å². The van der Waals surface area contributed by atoms with Crippen molar-refractivity contribution in [2.24, 2.45) is 5.92 Å². The minimum absolute atomic E-state index is 0. The highest BCUT2D eigenvalue weighted by molar-refractivity contribution is 7.25. The van der Waals surface area contributed by atoms with Gasteiger partial charge in [-0.05, 0) is 43.7 Å². The van der Waals surface area contributed by atoms with Crippen LogP contribution in [-0.4, -0.2) is 62.8 Å². The molecule has 0 saturated carbocycles.